The van der Waals surface area contributed by atoms with Crippen LogP contribution in [0.4, 0.5) is 0 Å². The van der Waals surface area contributed by atoms with E-state index in [-0.39, 0.29) is 29.6 Å². The highest BCUT2D eigenvalue weighted by Crippen LogP contribution is 2.37. The van der Waals surface area contributed by atoms with Crippen molar-refractivity contribution in [3.8, 4) is 22.3 Å². The molecule has 0 aliphatic carbocycles. The van der Waals surface area contributed by atoms with Crippen molar-refractivity contribution in [1.29, 1.82) is 0 Å². The molecule has 0 spiro atoms. The molecule has 3 heteroatoms. The van der Waals surface area contributed by atoms with Crippen LogP contribution in [0.25, 0.3) is 43.8 Å². The van der Waals surface area contributed by atoms with Crippen molar-refractivity contribution in [2.45, 2.75) is 38.9 Å². The van der Waals surface area contributed by atoms with Crippen molar-refractivity contribution in [2.75, 3.05) is 0 Å². The molecule has 1 aliphatic heterocycles. The van der Waals surface area contributed by atoms with E-state index in [0.717, 1.165) is 21.9 Å². The second-order valence-electron chi connectivity index (χ2n) is 10.2. The third-order valence-electron chi connectivity index (χ3n) is 7.35. The van der Waals surface area contributed by atoms with Gasteiger partial charge in [0.2, 0.25) is 0 Å². The molecule has 1 saturated heterocycles. The van der Waals surface area contributed by atoms with Crippen molar-refractivity contribution in [3.05, 3.63) is 103 Å². The smallest absolute Gasteiger partial charge is 0.399 e. The van der Waals surface area contributed by atoms with Gasteiger partial charge in [-0.3, -0.25) is 0 Å². The van der Waals surface area contributed by atoms with Crippen molar-refractivity contribution >= 4 is 34.1 Å². The molecule has 2 nitrogen and oxygen atoms in total. The van der Waals surface area contributed by atoms with Crippen LogP contribution in [0.15, 0.2) is 103 Å². The second-order valence-corrected chi connectivity index (χ2v) is 10.2. The summed E-state index contributed by atoms with van der Waals surface area (Å²) in [5.41, 5.74) is 2.10. The molecule has 0 saturated carbocycles. The van der Waals surface area contributed by atoms with E-state index in [4.69, 9.17) is 14.8 Å². The van der Waals surface area contributed by atoms with Crippen LogP contribution in [0.1, 0.15) is 33.2 Å². The average Bonchev–Trinajstić information content (AvgIpc) is 3.12. The molecule has 172 valence electrons. The lowest BCUT2D eigenvalue weighted by Gasteiger charge is -2.32. The van der Waals surface area contributed by atoms with Gasteiger partial charge in [0, 0.05) is 0 Å². The minimum absolute atomic E-state index is 0.00775. The molecule has 1 fully saturated rings. The number of benzene rings is 5. The average molecular weight is 460 g/mol. The predicted molar refractivity (Wildman–Crippen MR) is 148 cm³/mol. The van der Waals surface area contributed by atoms with Gasteiger partial charge in [-0.25, -0.2) is 0 Å². The summed E-state index contributed by atoms with van der Waals surface area (Å²) in [5, 5.41) is 4.40. The van der Waals surface area contributed by atoms with Gasteiger partial charge in [-0.05, 0) is 95.2 Å². The molecule has 1 heterocycles. The molecule has 0 radical (unpaired) electrons. The maximum atomic E-state index is 9.02. The minimum atomic E-state index is -0.955. The van der Waals surface area contributed by atoms with Crippen LogP contribution in [-0.4, -0.2) is 18.3 Å². The van der Waals surface area contributed by atoms with Gasteiger partial charge in [0.25, 0.3) is 0 Å². The van der Waals surface area contributed by atoms with E-state index in [2.05, 4.69) is 42.5 Å². The Labute approximate surface area is 213 Å². The Kier molecular flexibility index (Phi) is 4.15. The Hall–Kier alpha value is -3.40. The molecule has 0 N–H and O–H groups in total. The molecule has 35 heavy (non-hydrogen) atoms. The Morgan fingerprint density at radius 3 is 1.69 bits per heavy atom. The maximum absolute atomic E-state index is 9.02. The molecule has 0 amide bonds. The van der Waals surface area contributed by atoms with Gasteiger partial charge >= 0.3 is 7.12 Å². The summed E-state index contributed by atoms with van der Waals surface area (Å²) in [4.78, 5) is 0. The molecule has 6 rings (SSSR count). The topological polar surface area (TPSA) is 18.5 Å². The highest BCUT2D eigenvalue weighted by atomic mass is 16.7. The van der Waals surface area contributed by atoms with Crippen LogP contribution in [0, 0.1) is 0 Å². The van der Waals surface area contributed by atoms with E-state index < -0.39 is 18.3 Å². The van der Waals surface area contributed by atoms with Crippen LogP contribution < -0.4 is 5.46 Å². The van der Waals surface area contributed by atoms with Gasteiger partial charge in [0.05, 0.1) is 16.7 Å². The van der Waals surface area contributed by atoms with E-state index in [1.807, 2.05) is 64.1 Å². The first-order valence-corrected chi connectivity index (χ1v) is 12.0. The fourth-order valence-electron chi connectivity index (χ4n) is 4.53. The molecule has 5 aromatic carbocycles. The van der Waals surface area contributed by atoms with E-state index in [0.29, 0.717) is 11.1 Å². The highest BCUT2D eigenvalue weighted by Gasteiger charge is 2.51. The summed E-state index contributed by atoms with van der Waals surface area (Å²) in [5.74, 6) is 0. The fourth-order valence-corrected chi connectivity index (χ4v) is 4.53. The predicted octanol–water partition coefficient (Wildman–Crippen LogP) is 7.63. The van der Waals surface area contributed by atoms with Gasteiger partial charge in [0.1, 0.15) is 0 Å². The molecule has 0 bridgehead atoms. The monoisotopic (exact) mass is 460 g/mol. The highest BCUT2D eigenvalue weighted by molar-refractivity contribution is 6.62. The molecule has 0 atom stereocenters. The van der Waals surface area contributed by atoms with Crippen molar-refractivity contribution < 1.29 is 14.8 Å². The van der Waals surface area contributed by atoms with Crippen LogP contribution in [-0.2, 0) is 9.31 Å². The van der Waals surface area contributed by atoms with Crippen LogP contribution >= 0.6 is 0 Å². The zero-order valence-corrected chi connectivity index (χ0v) is 20.4. The van der Waals surface area contributed by atoms with Crippen molar-refractivity contribution in [2.24, 2.45) is 0 Å². The lowest BCUT2D eigenvalue weighted by atomic mass is 9.78. The standard InChI is InChI=1S/C32H29BO2/c1-31(2)32(3,4)35-33(34-31)30-11-7-10-24(21-30)25-14-15-29-20-28(17-16-27(29)19-25)26-13-12-22-8-5-6-9-23(22)18-26/h5-21H,1-4H3/i7D,10D,11D,21D. The van der Waals surface area contributed by atoms with Gasteiger partial charge < -0.3 is 9.31 Å². The van der Waals surface area contributed by atoms with Crippen molar-refractivity contribution in [3.63, 3.8) is 0 Å². The molecular formula is C32H29BO2. The summed E-state index contributed by atoms with van der Waals surface area (Å²) < 4.78 is 47.0. The summed E-state index contributed by atoms with van der Waals surface area (Å²) in [6, 6.07) is 26.3. The van der Waals surface area contributed by atoms with Gasteiger partial charge in [-0.15, -0.1) is 0 Å². The maximum Gasteiger partial charge on any atom is 0.494 e. The van der Waals surface area contributed by atoms with E-state index >= 15 is 0 Å². The number of hydrogen-bond donors (Lipinski definition) is 0. The second kappa shape index (κ2) is 8.08. The Morgan fingerprint density at radius 2 is 1.09 bits per heavy atom. The summed E-state index contributed by atoms with van der Waals surface area (Å²) in [6.45, 7) is 7.66. The van der Waals surface area contributed by atoms with E-state index in [1.165, 1.54) is 10.8 Å². The zero-order valence-electron chi connectivity index (χ0n) is 24.4. The van der Waals surface area contributed by atoms with Gasteiger partial charge in [-0.2, -0.15) is 0 Å². The van der Waals surface area contributed by atoms with E-state index in [1.54, 1.807) is 0 Å². The molecule has 0 aromatic heterocycles. The van der Waals surface area contributed by atoms with Crippen LogP contribution in [0.3, 0.4) is 0 Å². The number of fused-ring (bicyclic) bond motifs is 2. The third kappa shape index (κ3) is 3.95. The SMILES string of the molecule is [2H]c1c([2H])c(B2OC(C)(C)C(C)(C)O2)c([2H])c(-c2ccc3cc(-c4ccc5ccccc5c4)ccc3c2)c1[2H]. The normalized spacial score (nSPS) is 18.3. The third-order valence-corrected chi connectivity index (χ3v) is 7.35. The van der Waals surface area contributed by atoms with Crippen LogP contribution in [0.5, 0.6) is 0 Å². The zero-order chi connectivity index (χ0) is 27.7. The summed E-state index contributed by atoms with van der Waals surface area (Å²) in [6.07, 6.45) is 0. The Bertz CT molecular complexity index is 1760. The quantitative estimate of drug-likeness (QED) is 0.258. The van der Waals surface area contributed by atoms with Crippen LogP contribution in [0.2, 0.25) is 0 Å². The molecule has 1 aliphatic rings. The lowest BCUT2D eigenvalue weighted by Crippen LogP contribution is -2.41. The summed E-state index contributed by atoms with van der Waals surface area (Å²) >= 11 is 0. The lowest BCUT2D eigenvalue weighted by molar-refractivity contribution is 0.00578. The molecule has 5 aromatic rings. The first kappa shape index (κ1) is 18.0. The largest absolute Gasteiger partial charge is 0.494 e. The minimum Gasteiger partial charge on any atom is -0.399 e. The first-order valence-electron chi connectivity index (χ1n) is 14.0. The van der Waals surface area contributed by atoms with Crippen molar-refractivity contribution in [1.82, 2.24) is 0 Å². The fraction of sp³-hybridized carbons (Fsp3) is 0.188. The number of rotatable bonds is 3. The molecule has 0 unspecified atom stereocenters. The Balaban J connectivity index is 1.43. The van der Waals surface area contributed by atoms with Gasteiger partial charge in [0.15, 0.2) is 0 Å². The Morgan fingerprint density at radius 1 is 0.600 bits per heavy atom. The summed E-state index contributed by atoms with van der Waals surface area (Å²) in [7, 11) is -0.955. The number of hydrogen-bond acceptors (Lipinski definition) is 2. The van der Waals surface area contributed by atoms with E-state index in [9.17, 15) is 0 Å². The van der Waals surface area contributed by atoms with Gasteiger partial charge in [-0.1, -0.05) is 84.8 Å². The first-order chi connectivity index (χ1) is 18.5. The molecular weight excluding hydrogens is 427 g/mol.